The maximum atomic E-state index is 5.96. The molecule has 2 nitrogen and oxygen atoms in total. The van der Waals surface area contributed by atoms with Gasteiger partial charge in [-0.15, -0.1) is 0 Å². The van der Waals surface area contributed by atoms with Crippen LogP contribution in [0.25, 0.3) is 0 Å². The molecule has 0 amide bonds. The van der Waals surface area contributed by atoms with Gasteiger partial charge < -0.3 is 10.5 Å². The van der Waals surface area contributed by atoms with Gasteiger partial charge in [-0.05, 0) is 37.5 Å². The smallest absolute Gasteiger partial charge is 0.125 e. The lowest BCUT2D eigenvalue weighted by molar-refractivity contribution is 0.306. The molecular formula is C17H20BrNO. The van der Waals surface area contributed by atoms with Crippen LogP contribution in [0.3, 0.4) is 0 Å². The Labute approximate surface area is 129 Å². The molecular weight excluding hydrogens is 314 g/mol. The van der Waals surface area contributed by atoms with Gasteiger partial charge in [0.15, 0.2) is 0 Å². The van der Waals surface area contributed by atoms with Crippen LogP contribution in [0.1, 0.15) is 30.5 Å². The van der Waals surface area contributed by atoms with E-state index in [1.165, 1.54) is 5.56 Å². The number of hydrogen-bond acceptors (Lipinski definition) is 2. The van der Waals surface area contributed by atoms with Crippen LogP contribution in [0, 0.1) is 0 Å². The van der Waals surface area contributed by atoms with Crippen LogP contribution in [0.4, 0.5) is 0 Å². The van der Waals surface area contributed by atoms with Crippen LogP contribution in [0.15, 0.2) is 53.0 Å². The summed E-state index contributed by atoms with van der Waals surface area (Å²) in [7, 11) is 0. The highest BCUT2D eigenvalue weighted by Crippen LogP contribution is 2.27. The highest BCUT2D eigenvalue weighted by Gasteiger charge is 2.08. The van der Waals surface area contributed by atoms with Crippen LogP contribution < -0.4 is 10.5 Å². The van der Waals surface area contributed by atoms with Crippen molar-refractivity contribution >= 4 is 15.9 Å². The number of hydrogen-bond donors (Lipinski definition) is 1. The molecule has 2 aromatic rings. The van der Waals surface area contributed by atoms with Gasteiger partial charge in [-0.3, -0.25) is 0 Å². The standard InChI is InChI=1S/C17H20BrNO/c1-13(19)16-10-9-15(18)12-17(16)20-11-5-8-14-6-3-2-4-7-14/h2-4,6-7,9-10,12-13H,5,8,11,19H2,1H3/t13-/m0/s1. The van der Waals surface area contributed by atoms with Crippen molar-refractivity contribution in [2.24, 2.45) is 5.73 Å². The molecule has 0 fully saturated rings. The number of nitrogens with two attached hydrogens (primary N) is 1. The predicted octanol–water partition coefficient (Wildman–Crippen LogP) is 4.48. The molecule has 20 heavy (non-hydrogen) atoms. The summed E-state index contributed by atoms with van der Waals surface area (Å²) >= 11 is 3.47. The van der Waals surface area contributed by atoms with Crippen molar-refractivity contribution in [2.45, 2.75) is 25.8 Å². The molecule has 106 valence electrons. The average molecular weight is 334 g/mol. The molecule has 0 unspecified atom stereocenters. The monoisotopic (exact) mass is 333 g/mol. The highest BCUT2D eigenvalue weighted by atomic mass is 79.9. The number of rotatable bonds is 6. The fraction of sp³-hybridized carbons (Fsp3) is 0.294. The average Bonchev–Trinajstić information content (AvgIpc) is 2.44. The first-order valence-corrected chi connectivity index (χ1v) is 7.68. The Morgan fingerprint density at radius 3 is 2.60 bits per heavy atom. The molecule has 0 heterocycles. The van der Waals surface area contributed by atoms with Gasteiger partial charge in [0.1, 0.15) is 5.75 Å². The SMILES string of the molecule is C[C@H](N)c1ccc(Br)cc1OCCCc1ccccc1. The van der Waals surface area contributed by atoms with E-state index in [0.29, 0.717) is 6.61 Å². The summed E-state index contributed by atoms with van der Waals surface area (Å²) in [5, 5.41) is 0. The van der Waals surface area contributed by atoms with E-state index in [1.54, 1.807) is 0 Å². The molecule has 3 heteroatoms. The van der Waals surface area contributed by atoms with E-state index in [9.17, 15) is 0 Å². The highest BCUT2D eigenvalue weighted by molar-refractivity contribution is 9.10. The molecule has 0 aliphatic carbocycles. The second-order valence-corrected chi connectivity index (χ2v) is 5.82. The third-order valence-corrected chi connectivity index (χ3v) is 3.67. The summed E-state index contributed by atoms with van der Waals surface area (Å²) in [4.78, 5) is 0. The summed E-state index contributed by atoms with van der Waals surface area (Å²) in [6.07, 6.45) is 2.03. The number of halogens is 1. The third kappa shape index (κ3) is 4.36. The molecule has 0 bridgehead atoms. The lowest BCUT2D eigenvalue weighted by Gasteiger charge is -2.14. The summed E-state index contributed by atoms with van der Waals surface area (Å²) in [6, 6.07) is 16.4. The Morgan fingerprint density at radius 2 is 1.90 bits per heavy atom. The lowest BCUT2D eigenvalue weighted by atomic mass is 10.1. The Kier molecular flexibility index (Phi) is 5.62. The van der Waals surface area contributed by atoms with E-state index < -0.39 is 0 Å². The van der Waals surface area contributed by atoms with Crippen molar-refractivity contribution < 1.29 is 4.74 Å². The van der Waals surface area contributed by atoms with Gasteiger partial charge >= 0.3 is 0 Å². The molecule has 0 aromatic heterocycles. The molecule has 2 rings (SSSR count). The summed E-state index contributed by atoms with van der Waals surface area (Å²) < 4.78 is 6.90. The van der Waals surface area contributed by atoms with Crippen molar-refractivity contribution in [3.05, 3.63) is 64.1 Å². The Balaban J connectivity index is 1.89. The van der Waals surface area contributed by atoms with Gasteiger partial charge in [0.2, 0.25) is 0 Å². The van der Waals surface area contributed by atoms with Crippen molar-refractivity contribution in [3.8, 4) is 5.75 Å². The van der Waals surface area contributed by atoms with E-state index in [0.717, 1.165) is 28.6 Å². The van der Waals surface area contributed by atoms with E-state index in [4.69, 9.17) is 10.5 Å². The first-order valence-electron chi connectivity index (χ1n) is 6.88. The van der Waals surface area contributed by atoms with E-state index in [2.05, 4.69) is 40.2 Å². The Morgan fingerprint density at radius 1 is 1.15 bits per heavy atom. The zero-order valence-electron chi connectivity index (χ0n) is 11.7. The van der Waals surface area contributed by atoms with Crippen LogP contribution in [0.5, 0.6) is 5.75 Å². The normalized spacial score (nSPS) is 12.2. The van der Waals surface area contributed by atoms with Gasteiger partial charge in [0, 0.05) is 16.1 Å². The number of aryl methyl sites for hydroxylation is 1. The first-order chi connectivity index (χ1) is 9.66. The van der Waals surface area contributed by atoms with Crippen molar-refractivity contribution in [1.29, 1.82) is 0 Å². The predicted molar refractivity (Wildman–Crippen MR) is 87.0 cm³/mol. The van der Waals surface area contributed by atoms with Crippen molar-refractivity contribution in [3.63, 3.8) is 0 Å². The quantitative estimate of drug-likeness (QED) is 0.791. The summed E-state index contributed by atoms with van der Waals surface area (Å²) in [5.74, 6) is 0.877. The van der Waals surface area contributed by atoms with Gasteiger partial charge in [-0.1, -0.05) is 52.3 Å². The Hall–Kier alpha value is -1.32. The van der Waals surface area contributed by atoms with E-state index in [1.807, 2.05) is 31.2 Å². The second kappa shape index (κ2) is 7.46. The van der Waals surface area contributed by atoms with Gasteiger partial charge in [0.05, 0.1) is 6.61 Å². The molecule has 0 aliphatic heterocycles. The van der Waals surface area contributed by atoms with Gasteiger partial charge in [0.25, 0.3) is 0 Å². The maximum Gasteiger partial charge on any atom is 0.125 e. The fourth-order valence-corrected chi connectivity index (χ4v) is 2.45. The summed E-state index contributed by atoms with van der Waals surface area (Å²) in [6.45, 7) is 2.67. The maximum absolute atomic E-state index is 5.96. The molecule has 0 radical (unpaired) electrons. The van der Waals surface area contributed by atoms with E-state index in [-0.39, 0.29) is 6.04 Å². The molecule has 2 aromatic carbocycles. The van der Waals surface area contributed by atoms with Gasteiger partial charge in [-0.25, -0.2) is 0 Å². The number of benzene rings is 2. The molecule has 0 saturated carbocycles. The molecule has 1 atom stereocenters. The molecule has 0 spiro atoms. The Bertz CT molecular complexity index is 540. The minimum absolute atomic E-state index is 0.0211. The minimum atomic E-state index is -0.0211. The molecule has 0 aliphatic rings. The fourth-order valence-electron chi connectivity index (χ4n) is 2.11. The van der Waals surface area contributed by atoms with Crippen LogP contribution >= 0.6 is 15.9 Å². The van der Waals surface area contributed by atoms with E-state index >= 15 is 0 Å². The largest absolute Gasteiger partial charge is 0.493 e. The zero-order chi connectivity index (χ0) is 14.4. The minimum Gasteiger partial charge on any atom is -0.493 e. The first kappa shape index (κ1) is 15.1. The molecule has 2 N–H and O–H groups in total. The lowest BCUT2D eigenvalue weighted by Crippen LogP contribution is -2.09. The zero-order valence-corrected chi connectivity index (χ0v) is 13.3. The van der Waals surface area contributed by atoms with Crippen molar-refractivity contribution in [1.82, 2.24) is 0 Å². The van der Waals surface area contributed by atoms with Crippen LogP contribution in [-0.4, -0.2) is 6.61 Å². The summed E-state index contributed by atoms with van der Waals surface area (Å²) in [5.41, 5.74) is 8.36. The second-order valence-electron chi connectivity index (χ2n) is 4.91. The van der Waals surface area contributed by atoms with Gasteiger partial charge in [-0.2, -0.15) is 0 Å². The third-order valence-electron chi connectivity index (χ3n) is 3.18. The van der Waals surface area contributed by atoms with Crippen LogP contribution in [-0.2, 0) is 6.42 Å². The number of ether oxygens (including phenoxy) is 1. The topological polar surface area (TPSA) is 35.2 Å². The van der Waals surface area contributed by atoms with Crippen molar-refractivity contribution in [2.75, 3.05) is 6.61 Å². The molecule has 0 saturated heterocycles. The van der Waals surface area contributed by atoms with Crippen LogP contribution in [0.2, 0.25) is 0 Å².